The third kappa shape index (κ3) is 4.23. The van der Waals surface area contributed by atoms with Crippen molar-refractivity contribution in [2.45, 2.75) is 19.9 Å². The Balaban J connectivity index is 2.04. The highest BCUT2D eigenvalue weighted by Crippen LogP contribution is 2.22. The van der Waals surface area contributed by atoms with Gasteiger partial charge in [0.2, 0.25) is 0 Å². The van der Waals surface area contributed by atoms with Crippen LogP contribution in [-0.2, 0) is 4.74 Å². The van der Waals surface area contributed by atoms with E-state index in [0.717, 1.165) is 16.3 Å². The lowest BCUT2D eigenvalue weighted by molar-refractivity contribution is 0.0526. The fraction of sp³-hybridized carbons (Fsp3) is 0.235. The summed E-state index contributed by atoms with van der Waals surface area (Å²) < 4.78 is 4.96. The molecule has 1 atom stereocenters. The molecule has 3 nitrogen and oxygen atoms in total. The van der Waals surface area contributed by atoms with Crippen LogP contribution in [0.5, 0.6) is 0 Å². The van der Waals surface area contributed by atoms with E-state index >= 15 is 0 Å². The van der Waals surface area contributed by atoms with E-state index in [4.69, 9.17) is 16.3 Å². The summed E-state index contributed by atoms with van der Waals surface area (Å²) in [7, 11) is 0. The van der Waals surface area contributed by atoms with E-state index in [2.05, 4.69) is 12.2 Å². The van der Waals surface area contributed by atoms with E-state index in [-0.39, 0.29) is 12.0 Å². The minimum Gasteiger partial charge on any atom is -0.462 e. The van der Waals surface area contributed by atoms with Crippen LogP contribution in [0.25, 0.3) is 0 Å². The second kappa shape index (κ2) is 7.14. The van der Waals surface area contributed by atoms with E-state index < -0.39 is 0 Å². The molecule has 0 aliphatic rings. The normalized spacial score (nSPS) is 11.8. The summed E-state index contributed by atoms with van der Waals surface area (Å²) >= 11 is 6.00. The van der Waals surface area contributed by atoms with Crippen molar-refractivity contribution in [1.29, 1.82) is 0 Å². The molecular formula is C17H18ClNO2. The van der Waals surface area contributed by atoms with E-state index in [9.17, 15) is 4.79 Å². The summed E-state index contributed by atoms with van der Waals surface area (Å²) in [5.41, 5.74) is 2.60. The third-order valence-electron chi connectivity index (χ3n) is 3.13. The molecule has 0 saturated heterocycles. The maximum absolute atomic E-state index is 11.6. The number of nitrogens with one attached hydrogen (secondary N) is 1. The van der Waals surface area contributed by atoms with Crippen molar-refractivity contribution in [3.05, 3.63) is 64.7 Å². The van der Waals surface area contributed by atoms with Gasteiger partial charge in [-0.15, -0.1) is 0 Å². The van der Waals surface area contributed by atoms with Gasteiger partial charge < -0.3 is 10.1 Å². The molecule has 110 valence electrons. The molecular weight excluding hydrogens is 286 g/mol. The maximum Gasteiger partial charge on any atom is 0.338 e. The zero-order valence-corrected chi connectivity index (χ0v) is 12.9. The predicted octanol–water partition coefficient (Wildman–Crippen LogP) is 4.69. The SMILES string of the molecule is CCOC(=O)c1ccc(NC(C)c2cccc(Cl)c2)cc1. The highest BCUT2D eigenvalue weighted by Gasteiger charge is 2.08. The topological polar surface area (TPSA) is 38.3 Å². The zero-order chi connectivity index (χ0) is 15.2. The summed E-state index contributed by atoms with van der Waals surface area (Å²) in [6.07, 6.45) is 0. The Morgan fingerprint density at radius 1 is 1.24 bits per heavy atom. The average molecular weight is 304 g/mol. The van der Waals surface area contributed by atoms with Crippen LogP contribution >= 0.6 is 11.6 Å². The molecule has 1 unspecified atom stereocenters. The largest absolute Gasteiger partial charge is 0.462 e. The number of esters is 1. The third-order valence-corrected chi connectivity index (χ3v) is 3.36. The van der Waals surface area contributed by atoms with Crippen molar-refractivity contribution >= 4 is 23.3 Å². The zero-order valence-electron chi connectivity index (χ0n) is 12.1. The summed E-state index contributed by atoms with van der Waals surface area (Å²) in [6.45, 7) is 4.23. The first kappa shape index (κ1) is 15.4. The van der Waals surface area contributed by atoms with Crippen LogP contribution in [0, 0.1) is 0 Å². The summed E-state index contributed by atoms with van der Waals surface area (Å²) in [4.78, 5) is 11.6. The quantitative estimate of drug-likeness (QED) is 0.814. The van der Waals surface area contributed by atoms with Gasteiger partial charge in [-0.05, 0) is 55.8 Å². The number of rotatable bonds is 5. The van der Waals surface area contributed by atoms with Crippen LogP contribution in [-0.4, -0.2) is 12.6 Å². The molecule has 0 amide bonds. The molecule has 0 aliphatic heterocycles. The molecule has 0 aromatic heterocycles. The lowest BCUT2D eigenvalue weighted by Gasteiger charge is -2.16. The number of hydrogen-bond donors (Lipinski definition) is 1. The number of halogens is 1. The summed E-state index contributed by atoms with van der Waals surface area (Å²) in [6, 6.07) is 15.1. The number of ether oxygens (including phenoxy) is 1. The standard InChI is InChI=1S/C17H18ClNO2/c1-3-21-17(20)13-7-9-16(10-8-13)19-12(2)14-5-4-6-15(18)11-14/h4-12,19H,3H2,1-2H3. The van der Waals surface area contributed by atoms with Crippen LogP contribution in [0.1, 0.15) is 35.8 Å². The highest BCUT2D eigenvalue weighted by atomic mass is 35.5. The Kier molecular flexibility index (Phi) is 5.23. The first-order valence-electron chi connectivity index (χ1n) is 6.89. The van der Waals surface area contributed by atoms with Crippen molar-refractivity contribution in [1.82, 2.24) is 0 Å². The minimum atomic E-state index is -0.299. The van der Waals surface area contributed by atoms with Gasteiger partial charge in [0.1, 0.15) is 0 Å². The Morgan fingerprint density at radius 3 is 2.57 bits per heavy atom. The maximum atomic E-state index is 11.6. The van der Waals surface area contributed by atoms with E-state index in [0.29, 0.717) is 12.2 Å². The van der Waals surface area contributed by atoms with Gasteiger partial charge in [-0.1, -0.05) is 23.7 Å². The van der Waals surface area contributed by atoms with E-state index in [1.165, 1.54) is 0 Å². The number of benzene rings is 2. The van der Waals surface area contributed by atoms with Crippen LogP contribution in [0.2, 0.25) is 5.02 Å². The number of anilines is 1. The summed E-state index contributed by atoms with van der Waals surface area (Å²) in [5, 5.41) is 4.09. The van der Waals surface area contributed by atoms with Gasteiger partial charge in [0, 0.05) is 16.8 Å². The number of hydrogen-bond acceptors (Lipinski definition) is 3. The van der Waals surface area contributed by atoms with Gasteiger partial charge in [-0.2, -0.15) is 0 Å². The average Bonchev–Trinajstić information content (AvgIpc) is 2.48. The van der Waals surface area contributed by atoms with Gasteiger partial charge in [0.05, 0.1) is 12.2 Å². The molecule has 2 rings (SSSR count). The molecule has 0 fully saturated rings. The van der Waals surface area contributed by atoms with Gasteiger partial charge in [-0.3, -0.25) is 0 Å². The first-order chi connectivity index (χ1) is 10.1. The van der Waals surface area contributed by atoms with Gasteiger partial charge in [0.15, 0.2) is 0 Å². The molecule has 0 bridgehead atoms. The molecule has 2 aromatic carbocycles. The Hall–Kier alpha value is -2.00. The Bertz CT molecular complexity index is 610. The number of carbonyl (C=O) groups is 1. The molecule has 0 radical (unpaired) electrons. The molecule has 0 saturated carbocycles. The van der Waals surface area contributed by atoms with E-state index in [1.807, 2.05) is 36.4 Å². The van der Waals surface area contributed by atoms with Gasteiger partial charge in [0.25, 0.3) is 0 Å². The lowest BCUT2D eigenvalue weighted by Crippen LogP contribution is -2.07. The smallest absolute Gasteiger partial charge is 0.338 e. The van der Waals surface area contributed by atoms with E-state index in [1.54, 1.807) is 19.1 Å². The van der Waals surface area contributed by atoms with Crippen LogP contribution in [0.15, 0.2) is 48.5 Å². The fourth-order valence-electron chi connectivity index (χ4n) is 2.03. The Labute approximate surface area is 129 Å². The van der Waals surface area contributed by atoms with Crippen molar-refractivity contribution in [2.75, 3.05) is 11.9 Å². The van der Waals surface area contributed by atoms with Crippen LogP contribution in [0.4, 0.5) is 5.69 Å². The van der Waals surface area contributed by atoms with Crippen molar-refractivity contribution in [2.24, 2.45) is 0 Å². The minimum absolute atomic E-state index is 0.122. The van der Waals surface area contributed by atoms with Crippen molar-refractivity contribution in [3.63, 3.8) is 0 Å². The van der Waals surface area contributed by atoms with Crippen LogP contribution in [0.3, 0.4) is 0 Å². The predicted molar refractivity (Wildman–Crippen MR) is 85.9 cm³/mol. The molecule has 0 spiro atoms. The first-order valence-corrected chi connectivity index (χ1v) is 7.27. The van der Waals surface area contributed by atoms with Crippen molar-refractivity contribution in [3.8, 4) is 0 Å². The number of carbonyl (C=O) groups excluding carboxylic acids is 1. The van der Waals surface area contributed by atoms with Gasteiger partial charge in [-0.25, -0.2) is 4.79 Å². The molecule has 1 N–H and O–H groups in total. The van der Waals surface area contributed by atoms with Gasteiger partial charge >= 0.3 is 5.97 Å². The molecule has 0 aliphatic carbocycles. The Morgan fingerprint density at radius 2 is 1.95 bits per heavy atom. The monoisotopic (exact) mass is 303 g/mol. The van der Waals surface area contributed by atoms with Crippen molar-refractivity contribution < 1.29 is 9.53 Å². The van der Waals surface area contributed by atoms with Crippen LogP contribution < -0.4 is 5.32 Å². The summed E-state index contributed by atoms with van der Waals surface area (Å²) in [5.74, 6) is -0.299. The molecule has 0 heterocycles. The molecule has 21 heavy (non-hydrogen) atoms. The second-order valence-corrected chi connectivity index (χ2v) is 5.16. The lowest BCUT2D eigenvalue weighted by atomic mass is 10.1. The highest BCUT2D eigenvalue weighted by molar-refractivity contribution is 6.30. The second-order valence-electron chi connectivity index (χ2n) is 4.72. The molecule has 2 aromatic rings. The molecule has 4 heteroatoms. The fourth-order valence-corrected chi connectivity index (χ4v) is 2.22.